The third-order valence-corrected chi connectivity index (χ3v) is 3.38. The van der Waals surface area contributed by atoms with Crippen LogP contribution in [0.3, 0.4) is 0 Å². The predicted molar refractivity (Wildman–Crippen MR) is 58.8 cm³/mol. The first-order valence-electron chi connectivity index (χ1n) is 5.76. The van der Waals surface area contributed by atoms with E-state index in [0.717, 1.165) is 5.69 Å². The van der Waals surface area contributed by atoms with Crippen molar-refractivity contribution >= 4 is 0 Å². The molecule has 0 spiro atoms. The van der Waals surface area contributed by atoms with Crippen LogP contribution in [0.4, 0.5) is 0 Å². The molecule has 0 bridgehead atoms. The maximum atomic E-state index is 9.24. The monoisotopic (exact) mass is 225 g/mol. The third kappa shape index (κ3) is 1.97. The van der Waals surface area contributed by atoms with Crippen molar-refractivity contribution in [3.05, 3.63) is 11.4 Å². The highest BCUT2D eigenvalue weighted by atomic mass is 16.5. The molecule has 2 rings (SSSR count). The summed E-state index contributed by atoms with van der Waals surface area (Å²) in [5, 5.41) is 17.4. The van der Waals surface area contributed by atoms with Gasteiger partial charge in [0.25, 0.3) is 0 Å². The lowest BCUT2D eigenvalue weighted by Crippen LogP contribution is -2.15. The molecular formula is C11H19N3O2. The molecule has 2 atom stereocenters. The maximum absolute atomic E-state index is 9.24. The zero-order chi connectivity index (χ0) is 11.7. The number of hydrogen-bond donors (Lipinski definition) is 1. The fourth-order valence-corrected chi connectivity index (χ4v) is 2.06. The van der Waals surface area contributed by atoms with Gasteiger partial charge in [0.15, 0.2) is 0 Å². The summed E-state index contributed by atoms with van der Waals surface area (Å²) in [6.07, 6.45) is 2.44. The van der Waals surface area contributed by atoms with Crippen molar-refractivity contribution in [2.45, 2.75) is 45.4 Å². The third-order valence-electron chi connectivity index (χ3n) is 3.38. The molecule has 1 aromatic heterocycles. The molecule has 0 aromatic carbocycles. The van der Waals surface area contributed by atoms with Crippen LogP contribution in [0.15, 0.2) is 0 Å². The largest absolute Gasteiger partial charge is 0.390 e. The van der Waals surface area contributed by atoms with E-state index in [9.17, 15) is 5.11 Å². The van der Waals surface area contributed by atoms with Crippen LogP contribution in [0.2, 0.25) is 0 Å². The highest BCUT2D eigenvalue weighted by Gasteiger charge is 2.32. The fourth-order valence-electron chi connectivity index (χ4n) is 2.06. The Balaban J connectivity index is 2.32. The van der Waals surface area contributed by atoms with Crippen LogP contribution < -0.4 is 0 Å². The zero-order valence-electron chi connectivity index (χ0n) is 10.1. The first-order valence-corrected chi connectivity index (χ1v) is 5.76. The van der Waals surface area contributed by atoms with E-state index in [-0.39, 0.29) is 12.7 Å². The molecule has 0 radical (unpaired) electrons. The average molecular weight is 225 g/mol. The summed E-state index contributed by atoms with van der Waals surface area (Å²) in [6.45, 7) is 4.02. The molecule has 16 heavy (non-hydrogen) atoms. The Morgan fingerprint density at radius 1 is 1.50 bits per heavy atom. The van der Waals surface area contributed by atoms with E-state index in [1.54, 1.807) is 7.11 Å². The van der Waals surface area contributed by atoms with Crippen molar-refractivity contribution < 1.29 is 9.84 Å². The Kier molecular flexibility index (Phi) is 3.25. The Hall–Kier alpha value is -0.940. The SMILES string of the molecule is COC(C)c1c(CO)nnn1C(C)C1CC1. The molecule has 1 aliphatic carbocycles. The van der Waals surface area contributed by atoms with Gasteiger partial charge < -0.3 is 9.84 Å². The van der Waals surface area contributed by atoms with Gasteiger partial charge in [0.05, 0.1) is 24.4 Å². The van der Waals surface area contributed by atoms with Crippen molar-refractivity contribution in [2.75, 3.05) is 7.11 Å². The molecule has 1 N–H and O–H groups in total. The van der Waals surface area contributed by atoms with Crippen molar-refractivity contribution in [3.8, 4) is 0 Å². The lowest BCUT2D eigenvalue weighted by Gasteiger charge is -2.17. The lowest BCUT2D eigenvalue weighted by atomic mass is 10.1. The molecule has 2 unspecified atom stereocenters. The summed E-state index contributed by atoms with van der Waals surface area (Å²) >= 11 is 0. The second kappa shape index (κ2) is 4.51. The minimum Gasteiger partial charge on any atom is -0.390 e. The molecule has 1 heterocycles. The van der Waals surface area contributed by atoms with Gasteiger partial charge in [0.1, 0.15) is 5.69 Å². The van der Waals surface area contributed by atoms with E-state index in [2.05, 4.69) is 17.2 Å². The minimum absolute atomic E-state index is 0.0829. The number of nitrogens with zero attached hydrogens (tertiary/aromatic N) is 3. The van der Waals surface area contributed by atoms with E-state index in [1.807, 2.05) is 11.6 Å². The van der Waals surface area contributed by atoms with Crippen LogP contribution in [0.25, 0.3) is 0 Å². The summed E-state index contributed by atoms with van der Waals surface area (Å²) in [4.78, 5) is 0. The Bertz CT molecular complexity index is 360. The molecular weight excluding hydrogens is 206 g/mol. The Morgan fingerprint density at radius 2 is 2.19 bits per heavy atom. The highest BCUT2D eigenvalue weighted by Crippen LogP contribution is 2.40. The topological polar surface area (TPSA) is 60.2 Å². The number of hydrogen-bond acceptors (Lipinski definition) is 4. The molecule has 90 valence electrons. The van der Waals surface area contributed by atoms with Crippen LogP contribution in [0.1, 0.15) is 50.2 Å². The molecule has 1 saturated carbocycles. The molecule has 5 heteroatoms. The lowest BCUT2D eigenvalue weighted by molar-refractivity contribution is 0.106. The molecule has 1 aromatic rings. The smallest absolute Gasteiger partial charge is 0.114 e. The molecule has 1 aliphatic rings. The molecule has 0 aliphatic heterocycles. The number of aliphatic hydroxyl groups is 1. The molecule has 5 nitrogen and oxygen atoms in total. The van der Waals surface area contributed by atoms with Crippen LogP contribution >= 0.6 is 0 Å². The number of methoxy groups -OCH3 is 1. The van der Waals surface area contributed by atoms with E-state index >= 15 is 0 Å². The van der Waals surface area contributed by atoms with Crippen molar-refractivity contribution in [2.24, 2.45) is 5.92 Å². The highest BCUT2D eigenvalue weighted by molar-refractivity contribution is 5.13. The first-order chi connectivity index (χ1) is 7.69. The summed E-state index contributed by atoms with van der Waals surface area (Å²) in [5.74, 6) is 0.705. The van der Waals surface area contributed by atoms with Gasteiger partial charge in [0, 0.05) is 7.11 Å². The van der Waals surface area contributed by atoms with E-state index in [1.165, 1.54) is 12.8 Å². The van der Waals surface area contributed by atoms with Crippen molar-refractivity contribution in [1.82, 2.24) is 15.0 Å². The summed E-state index contributed by atoms with van der Waals surface area (Å²) in [7, 11) is 1.66. The fraction of sp³-hybridized carbons (Fsp3) is 0.818. The van der Waals surface area contributed by atoms with Gasteiger partial charge in [0.2, 0.25) is 0 Å². The summed E-state index contributed by atoms with van der Waals surface area (Å²) < 4.78 is 7.23. The Labute approximate surface area is 95.4 Å². The second-order valence-corrected chi connectivity index (χ2v) is 4.48. The van der Waals surface area contributed by atoms with Crippen LogP contribution in [0.5, 0.6) is 0 Å². The van der Waals surface area contributed by atoms with Gasteiger partial charge in [-0.2, -0.15) is 0 Å². The van der Waals surface area contributed by atoms with E-state index in [0.29, 0.717) is 17.7 Å². The van der Waals surface area contributed by atoms with Crippen molar-refractivity contribution in [1.29, 1.82) is 0 Å². The first kappa shape index (κ1) is 11.5. The standard InChI is InChI=1S/C11H19N3O2/c1-7(9-4-5-9)14-11(8(2)16-3)10(6-15)12-13-14/h7-9,15H,4-6H2,1-3H3. The quantitative estimate of drug-likeness (QED) is 0.824. The van der Waals surface area contributed by atoms with Crippen LogP contribution in [0, 0.1) is 5.92 Å². The molecule has 1 fully saturated rings. The molecule has 0 saturated heterocycles. The average Bonchev–Trinajstić information content (AvgIpc) is 3.06. The van der Waals surface area contributed by atoms with Gasteiger partial charge in [-0.1, -0.05) is 5.21 Å². The van der Waals surface area contributed by atoms with Gasteiger partial charge in [-0.3, -0.25) is 0 Å². The van der Waals surface area contributed by atoms with Crippen molar-refractivity contribution in [3.63, 3.8) is 0 Å². The Morgan fingerprint density at radius 3 is 2.69 bits per heavy atom. The van der Waals surface area contributed by atoms with Crippen LogP contribution in [-0.4, -0.2) is 27.2 Å². The normalized spacial score (nSPS) is 19.8. The summed E-state index contributed by atoms with van der Waals surface area (Å²) in [5.41, 5.74) is 1.53. The van der Waals surface area contributed by atoms with Gasteiger partial charge in [-0.05, 0) is 32.6 Å². The van der Waals surface area contributed by atoms with E-state index < -0.39 is 0 Å². The maximum Gasteiger partial charge on any atom is 0.114 e. The van der Waals surface area contributed by atoms with Gasteiger partial charge in [-0.15, -0.1) is 5.10 Å². The van der Waals surface area contributed by atoms with E-state index in [4.69, 9.17) is 4.74 Å². The van der Waals surface area contributed by atoms with Gasteiger partial charge >= 0.3 is 0 Å². The second-order valence-electron chi connectivity index (χ2n) is 4.48. The summed E-state index contributed by atoms with van der Waals surface area (Å²) in [6, 6.07) is 0.348. The number of aromatic nitrogens is 3. The minimum atomic E-state index is -0.0849. The number of ether oxygens (including phenoxy) is 1. The number of aliphatic hydroxyl groups excluding tert-OH is 1. The van der Waals surface area contributed by atoms with Gasteiger partial charge in [-0.25, -0.2) is 4.68 Å². The number of rotatable bonds is 5. The van der Waals surface area contributed by atoms with Crippen LogP contribution in [-0.2, 0) is 11.3 Å². The predicted octanol–water partition coefficient (Wildman–Crippen LogP) is 1.45. The molecule has 0 amide bonds. The zero-order valence-corrected chi connectivity index (χ0v) is 10.1.